The number of hydrogen-bond donors (Lipinski definition) is 2. The van der Waals surface area contributed by atoms with Gasteiger partial charge in [0.1, 0.15) is 0 Å². The first-order chi connectivity index (χ1) is 7.36. The Balaban J connectivity index is 2.33. The van der Waals surface area contributed by atoms with Gasteiger partial charge in [-0.15, -0.1) is 0 Å². The van der Waals surface area contributed by atoms with E-state index in [2.05, 4.69) is 23.4 Å². The van der Waals surface area contributed by atoms with E-state index >= 15 is 0 Å². The smallest absolute Gasteiger partial charge is 0.0342 e. The second-order valence-corrected chi connectivity index (χ2v) is 4.65. The van der Waals surface area contributed by atoms with Crippen LogP contribution < -0.4 is 11.3 Å². The van der Waals surface area contributed by atoms with Crippen molar-refractivity contribution in [3.8, 4) is 0 Å². The molecular formula is C11H19N3S. The summed E-state index contributed by atoms with van der Waals surface area (Å²) in [5.41, 5.74) is 4.09. The van der Waals surface area contributed by atoms with Gasteiger partial charge in [0.05, 0.1) is 0 Å². The number of hydrogen-bond acceptors (Lipinski definition) is 4. The number of rotatable bonds is 7. The van der Waals surface area contributed by atoms with Crippen molar-refractivity contribution in [3.63, 3.8) is 0 Å². The topological polar surface area (TPSA) is 50.9 Å². The zero-order valence-electron chi connectivity index (χ0n) is 9.15. The molecule has 3 N–H and O–H groups in total. The summed E-state index contributed by atoms with van der Waals surface area (Å²) in [4.78, 5) is 4.09. The van der Waals surface area contributed by atoms with Crippen molar-refractivity contribution < 1.29 is 0 Å². The van der Waals surface area contributed by atoms with E-state index in [1.54, 1.807) is 6.20 Å². The van der Waals surface area contributed by atoms with Crippen molar-refractivity contribution in [3.05, 3.63) is 30.1 Å². The Labute approximate surface area is 95.8 Å². The minimum atomic E-state index is 0.339. The molecule has 0 saturated carbocycles. The van der Waals surface area contributed by atoms with Crippen molar-refractivity contribution in [2.75, 3.05) is 11.5 Å². The molecule has 1 rings (SSSR count). The summed E-state index contributed by atoms with van der Waals surface area (Å²) >= 11 is 1.94. The summed E-state index contributed by atoms with van der Waals surface area (Å²) in [6.45, 7) is 2.19. The number of pyridine rings is 1. The number of nitrogens with zero attached hydrogens (tertiary/aromatic N) is 1. The van der Waals surface area contributed by atoms with Gasteiger partial charge >= 0.3 is 0 Å². The fourth-order valence-corrected chi connectivity index (χ4v) is 2.29. The largest absolute Gasteiger partial charge is 0.271 e. The third-order valence-electron chi connectivity index (χ3n) is 2.11. The zero-order valence-corrected chi connectivity index (χ0v) is 9.96. The summed E-state index contributed by atoms with van der Waals surface area (Å²) in [5, 5.41) is 0. The van der Waals surface area contributed by atoms with Crippen LogP contribution in [0.15, 0.2) is 24.5 Å². The lowest BCUT2D eigenvalue weighted by atomic mass is 10.1. The number of aromatic nitrogens is 1. The number of hydrazine groups is 1. The van der Waals surface area contributed by atoms with Crippen LogP contribution in [0.3, 0.4) is 0 Å². The highest BCUT2D eigenvalue weighted by molar-refractivity contribution is 7.99. The molecule has 1 heterocycles. The van der Waals surface area contributed by atoms with E-state index in [1.807, 2.05) is 24.0 Å². The molecule has 0 aliphatic rings. The molecule has 84 valence electrons. The van der Waals surface area contributed by atoms with Gasteiger partial charge in [0.2, 0.25) is 0 Å². The van der Waals surface area contributed by atoms with Gasteiger partial charge in [-0.2, -0.15) is 11.8 Å². The maximum Gasteiger partial charge on any atom is 0.0342 e. The molecule has 4 heteroatoms. The molecule has 0 aliphatic heterocycles. The van der Waals surface area contributed by atoms with Crippen LogP contribution >= 0.6 is 11.8 Å². The highest BCUT2D eigenvalue weighted by Gasteiger charge is 2.07. The Morgan fingerprint density at radius 1 is 1.60 bits per heavy atom. The van der Waals surface area contributed by atoms with Gasteiger partial charge in [0, 0.05) is 24.2 Å². The standard InChI is InChI=1S/C11H19N3S/c1-2-6-15-9-11(14-12)7-10-4-3-5-13-8-10/h3-5,8,11,14H,2,6-7,9,12H2,1H3. The van der Waals surface area contributed by atoms with Crippen molar-refractivity contribution in [1.29, 1.82) is 0 Å². The van der Waals surface area contributed by atoms with Crippen molar-refractivity contribution in [1.82, 2.24) is 10.4 Å². The van der Waals surface area contributed by atoms with Gasteiger partial charge in [-0.1, -0.05) is 13.0 Å². The van der Waals surface area contributed by atoms with Gasteiger partial charge in [-0.05, 0) is 30.2 Å². The van der Waals surface area contributed by atoms with E-state index in [-0.39, 0.29) is 0 Å². The molecular weight excluding hydrogens is 206 g/mol. The minimum Gasteiger partial charge on any atom is -0.271 e. The Morgan fingerprint density at radius 3 is 3.07 bits per heavy atom. The first-order valence-corrected chi connectivity index (χ1v) is 6.45. The summed E-state index contributed by atoms with van der Waals surface area (Å²) < 4.78 is 0. The summed E-state index contributed by atoms with van der Waals surface area (Å²) in [6.07, 6.45) is 5.85. The van der Waals surface area contributed by atoms with E-state index in [0.717, 1.165) is 12.2 Å². The SMILES string of the molecule is CCCSCC(Cc1cccnc1)NN. The lowest BCUT2D eigenvalue weighted by Gasteiger charge is -2.14. The highest BCUT2D eigenvalue weighted by Crippen LogP contribution is 2.08. The molecule has 0 saturated heterocycles. The molecule has 0 aliphatic carbocycles. The lowest BCUT2D eigenvalue weighted by Crippen LogP contribution is -2.38. The summed E-state index contributed by atoms with van der Waals surface area (Å²) in [5.74, 6) is 7.77. The second-order valence-electron chi connectivity index (χ2n) is 3.50. The van der Waals surface area contributed by atoms with Crippen LogP contribution in [0.2, 0.25) is 0 Å². The molecule has 3 nitrogen and oxygen atoms in total. The third-order valence-corrected chi connectivity index (χ3v) is 3.44. The monoisotopic (exact) mass is 225 g/mol. The maximum atomic E-state index is 5.52. The highest BCUT2D eigenvalue weighted by atomic mass is 32.2. The van der Waals surface area contributed by atoms with Gasteiger partial charge in [-0.25, -0.2) is 0 Å². The first-order valence-electron chi connectivity index (χ1n) is 5.29. The van der Waals surface area contributed by atoms with Gasteiger partial charge < -0.3 is 0 Å². The van der Waals surface area contributed by atoms with Crippen molar-refractivity contribution >= 4 is 11.8 Å². The first kappa shape index (κ1) is 12.5. The average Bonchev–Trinajstić information content (AvgIpc) is 2.29. The Bertz CT molecular complexity index is 253. The van der Waals surface area contributed by atoms with E-state index in [0.29, 0.717) is 6.04 Å². The van der Waals surface area contributed by atoms with E-state index < -0.39 is 0 Å². The fraction of sp³-hybridized carbons (Fsp3) is 0.545. The molecule has 0 amide bonds. The summed E-state index contributed by atoms with van der Waals surface area (Å²) in [6, 6.07) is 4.38. The van der Waals surface area contributed by atoms with Crippen LogP contribution in [0.1, 0.15) is 18.9 Å². The van der Waals surface area contributed by atoms with Crippen LogP contribution in [-0.2, 0) is 6.42 Å². The molecule has 1 aromatic rings. The predicted molar refractivity (Wildman–Crippen MR) is 66.7 cm³/mol. The zero-order chi connectivity index (χ0) is 10.9. The normalized spacial score (nSPS) is 12.7. The molecule has 15 heavy (non-hydrogen) atoms. The molecule has 0 radical (unpaired) electrons. The van der Waals surface area contributed by atoms with E-state index in [9.17, 15) is 0 Å². The quantitative estimate of drug-likeness (QED) is 0.420. The minimum absolute atomic E-state index is 0.339. The van der Waals surface area contributed by atoms with Gasteiger partial charge in [-0.3, -0.25) is 16.3 Å². The Hall–Kier alpha value is -0.580. The van der Waals surface area contributed by atoms with Crippen LogP contribution in [0.5, 0.6) is 0 Å². The van der Waals surface area contributed by atoms with E-state index in [1.165, 1.54) is 17.7 Å². The average molecular weight is 225 g/mol. The van der Waals surface area contributed by atoms with E-state index in [4.69, 9.17) is 5.84 Å². The third kappa shape index (κ3) is 5.16. The molecule has 0 spiro atoms. The molecule has 1 aromatic heterocycles. The predicted octanol–water partition coefficient (Wildman–Crippen LogP) is 1.60. The van der Waals surface area contributed by atoms with Crippen LogP contribution in [0, 0.1) is 0 Å². The second kappa shape index (κ2) is 7.68. The number of thioether (sulfide) groups is 1. The van der Waals surface area contributed by atoms with Crippen molar-refractivity contribution in [2.24, 2.45) is 5.84 Å². The molecule has 0 fully saturated rings. The number of nitrogens with two attached hydrogens (primary N) is 1. The number of nitrogens with one attached hydrogen (secondary N) is 1. The van der Waals surface area contributed by atoms with Gasteiger partial charge in [0.15, 0.2) is 0 Å². The molecule has 1 atom stereocenters. The molecule has 0 aromatic carbocycles. The Morgan fingerprint density at radius 2 is 2.47 bits per heavy atom. The lowest BCUT2D eigenvalue weighted by molar-refractivity contribution is 0.574. The molecule has 0 bridgehead atoms. The summed E-state index contributed by atoms with van der Waals surface area (Å²) in [7, 11) is 0. The van der Waals surface area contributed by atoms with Crippen molar-refractivity contribution in [2.45, 2.75) is 25.8 Å². The van der Waals surface area contributed by atoms with Crippen LogP contribution in [-0.4, -0.2) is 22.5 Å². The maximum absolute atomic E-state index is 5.52. The van der Waals surface area contributed by atoms with Gasteiger partial charge in [0.25, 0.3) is 0 Å². The Kier molecular flexibility index (Phi) is 6.39. The fourth-order valence-electron chi connectivity index (χ4n) is 1.34. The van der Waals surface area contributed by atoms with Crippen LogP contribution in [0.4, 0.5) is 0 Å². The van der Waals surface area contributed by atoms with Crippen LogP contribution in [0.25, 0.3) is 0 Å². The molecule has 1 unspecified atom stereocenters.